The normalized spacial score (nSPS) is 42.1. The summed E-state index contributed by atoms with van der Waals surface area (Å²) in [6.45, 7) is 6.24. The second kappa shape index (κ2) is 5.64. The van der Waals surface area contributed by atoms with Crippen LogP contribution >= 0.6 is 0 Å². The molecule has 3 N–H and O–H groups in total. The van der Waals surface area contributed by atoms with Crippen LogP contribution in [0.3, 0.4) is 0 Å². The molecular weight excluding hydrogens is 250 g/mol. The number of rotatable bonds is 1. The molecule has 0 radical (unpaired) electrons. The molecule has 1 amide bonds. The molecule has 4 heteroatoms. The number of carbonyl (C=O) groups excluding carboxylic acids is 1. The highest BCUT2D eigenvalue weighted by molar-refractivity contribution is 5.80. The molecule has 0 spiro atoms. The summed E-state index contributed by atoms with van der Waals surface area (Å²) in [7, 11) is 0. The van der Waals surface area contributed by atoms with Crippen LogP contribution in [0, 0.1) is 17.8 Å². The fraction of sp³-hybridized carbons (Fsp3) is 0.938. The van der Waals surface area contributed by atoms with Crippen molar-refractivity contribution in [1.29, 1.82) is 0 Å². The Kier molecular flexibility index (Phi) is 4.04. The van der Waals surface area contributed by atoms with E-state index < -0.39 is 0 Å². The number of carbonyl (C=O) groups is 1. The Balaban J connectivity index is 1.65. The van der Waals surface area contributed by atoms with Crippen molar-refractivity contribution in [1.82, 2.24) is 10.2 Å². The highest BCUT2D eigenvalue weighted by atomic mass is 16.2. The van der Waals surface area contributed by atoms with E-state index in [0.29, 0.717) is 5.91 Å². The summed E-state index contributed by atoms with van der Waals surface area (Å²) < 4.78 is 0. The minimum absolute atomic E-state index is 0.0484. The molecule has 20 heavy (non-hydrogen) atoms. The highest BCUT2D eigenvalue weighted by Crippen LogP contribution is 2.34. The van der Waals surface area contributed by atoms with Gasteiger partial charge in [-0.05, 0) is 57.5 Å². The number of hydrogen-bond donors (Lipinski definition) is 2. The number of nitrogens with one attached hydrogen (secondary N) is 1. The molecule has 3 aliphatic rings. The quantitative estimate of drug-likeness (QED) is 0.762. The predicted molar refractivity (Wildman–Crippen MR) is 80.2 cm³/mol. The zero-order valence-corrected chi connectivity index (χ0v) is 12.7. The zero-order valence-electron chi connectivity index (χ0n) is 12.7. The molecule has 0 aromatic heterocycles. The summed E-state index contributed by atoms with van der Waals surface area (Å²) in [6, 6.07) is 0. The van der Waals surface area contributed by atoms with E-state index in [4.69, 9.17) is 5.73 Å². The fourth-order valence-corrected chi connectivity index (χ4v) is 4.42. The maximum absolute atomic E-state index is 12.9. The van der Waals surface area contributed by atoms with Crippen molar-refractivity contribution >= 4 is 5.91 Å². The van der Waals surface area contributed by atoms with Crippen molar-refractivity contribution in [2.75, 3.05) is 26.2 Å². The number of fused-ring (bicyclic) bond motifs is 1. The third-order valence-electron chi connectivity index (χ3n) is 5.88. The molecule has 2 unspecified atom stereocenters. The fourth-order valence-electron chi connectivity index (χ4n) is 4.42. The van der Waals surface area contributed by atoms with E-state index in [1.807, 2.05) is 0 Å². The van der Waals surface area contributed by atoms with Crippen LogP contribution in [0.15, 0.2) is 0 Å². The maximum Gasteiger partial charge on any atom is 0.227 e. The molecule has 3 rings (SSSR count). The van der Waals surface area contributed by atoms with Crippen LogP contribution in [0.1, 0.15) is 45.4 Å². The molecule has 0 aromatic carbocycles. The van der Waals surface area contributed by atoms with Gasteiger partial charge in [-0.3, -0.25) is 4.79 Å². The minimum atomic E-state index is -0.293. The van der Waals surface area contributed by atoms with E-state index >= 15 is 0 Å². The van der Waals surface area contributed by atoms with E-state index in [2.05, 4.69) is 17.1 Å². The van der Waals surface area contributed by atoms with Gasteiger partial charge < -0.3 is 16.0 Å². The third kappa shape index (κ3) is 2.73. The average molecular weight is 279 g/mol. The molecule has 1 saturated carbocycles. The molecule has 4 nitrogen and oxygen atoms in total. The van der Waals surface area contributed by atoms with Crippen molar-refractivity contribution in [2.24, 2.45) is 23.5 Å². The van der Waals surface area contributed by atoms with Crippen molar-refractivity contribution in [2.45, 2.75) is 51.0 Å². The minimum Gasteiger partial charge on any atom is -0.342 e. The van der Waals surface area contributed by atoms with E-state index in [1.165, 1.54) is 6.42 Å². The van der Waals surface area contributed by atoms with Crippen LogP contribution in [0.4, 0.5) is 0 Å². The number of likely N-dealkylation sites (tertiary alicyclic amines) is 1. The Morgan fingerprint density at radius 1 is 1.15 bits per heavy atom. The summed E-state index contributed by atoms with van der Waals surface area (Å²) in [4.78, 5) is 15.0. The Bertz CT molecular complexity index is 355. The summed E-state index contributed by atoms with van der Waals surface area (Å²) in [6.07, 6.45) is 6.64. The molecule has 0 aromatic rings. The van der Waals surface area contributed by atoms with Gasteiger partial charge in [-0.1, -0.05) is 12.8 Å². The van der Waals surface area contributed by atoms with Crippen LogP contribution in [-0.2, 0) is 4.79 Å². The number of hydrogen-bond acceptors (Lipinski definition) is 3. The molecule has 3 fully saturated rings. The summed E-state index contributed by atoms with van der Waals surface area (Å²) in [5.41, 5.74) is 6.11. The summed E-state index contributed by atoms with van der Waals surface area (Å²) in [5, 5.41) is 3.49. The largest absolute Gasteiger partial charge is 0.342 e. The van der Waals surface area contributed by atoms with Crippen molar-refractivity contribution in [3.8, 4) is 0 Å². The van der Waals surface area contributed by atoms with Gasteiger partial charge in [0, 0.05) is 18.6 Å². The number of amides is 1. The second-order valence-corrected chi connectivity index (χ2v) is 7.39. The van der Waals surface area contributed by atoms with Gasteiger partial charge in [0.25, 0.3) is 0 Å². The average Bonchev–Trinajstić information content (AvgIpc) is 2.76. The molecule has 2 aliphatic heterocycles. The van der Waals surface area contributed by atoms with Crippen molar-refractivity contribution < 1.29 is 4.79 Å². The third-order valence-corrected chi connectivity index (χ3v) is 5.88. The Hall–Kier alpha value is -0.610. The van der Waals surface area contributed by atoms with Gasteiger partial charge in [-0.2, -0.15) is 0 Å². The van der Waals surface area contributed by atoms with Crippen molar-refractivity contribution in [3.05, 3.63) is 0 Å². The SMILES string of the molecule is CC1(N)CCCCC1C(=O)N1CC[C@@H]2CNC[C@@H]2CC1. The first-order valence-corrected chi connectivity index (χ1v) is 8.36. The van der Waals surface area contributed by atoms with E-state index in [0.717, 1.165) is 70.1 Å². The molecule has 2 heterocycles. The molecule has 114 valence electrons. The van der Waals surface area contributed by atoms with Gasteiger partial charge in [-0.15, -0.1) is 0 Å². The van der Waals surface area contributed by atoms with Gasteiger partial charge in [0.1, 0.15) is 0 Å². The second-order valence-electron chi connectivity index (χ2n) is 7.39. The molecule has 4 atom stereocenters. The van der Waals surface area contributed by atoms with Gasteiger partial charge in [-0.25, -0.2) is 0 Å². The van der Waals surface area contributed by atoms with Crippen LogP contribution in [0.5, 0.6) is 0 Å². The van der Waals surface area contributed by atoms with Gasteiger partial charge in [0.2, 0.25) is 5.91 Å². The first kappa shape index (κ1) is 14.3. The van der Waals surface area contributed by atoms with Gasteiger partial charge >= 0.3 is 0 Å². The summed E-state index contributed by atoms with van der Waals surface area (Å²) in [5.74, 6) is 1.95. The number of nitrogens with zero attached hydrogens (tertiary/aromatic N) is 1. The van der Waals surface area contributed by atoms with E-state index in [-0.39, 0.29) is 11.5 Å². The van der Waals surface area contributed by atoms with E-state index in [9.17, 15) is 4.79 Å². The Labute approximate surface area is 122 Å². The monoisotopic (exact) mass is 279 g/mol. The van der Waals surface area contributed by atoms with Crippen LogP contribution in [-0.4, -0.2) is 42.5 Å². The highest BCUT2D eigenvalue weighted by Gasteiger charge is 2.41. The predicted octanol–water partition coefficient (Wildman–Crippen LogP) is 1.35. The Morgan fingerprint density at radius 2 is 1.80 bits per heavy atom. The van der Waals surface area contributed by atoms with Crippen LogP contribution < -0.4 is 11.1 Å². The lowest BCUT2D eigenvalue weighted by Gasteiger charge is -2.40. The topological polar surface area (TPSA) is 58.4 Å². The van der Waals surface area contributed by atoms with Crippen LogP contribution in [0.25, 0.3) is 0 Å². The standard InChI is InChI=1S/C16H29N3O/c1-16(17)7-3-2-4-14(16)15(20)19-8-5-12-10-18-11-13(12)6-9-19/h12-14,18H,2-11,17H2,1H3/t12-,13+,14?,16?. The summed E-state index contributed by atoms with van der Waals surface area (Å²) >= 11 is 0. The van der Waals surface area contributed by atoms with Gasteiger partial charge in [0.05, 0.1) is 5.92 Å². The lowest BCUT2D eigenvalue weighted by molar-refractivity contribution is -0.138. The van der Waals surface area contributed by atoms with E-state index in [1.54, 1.807) is 0 Å². The Morgan fingerprint density at radius 3 is 2.40 bits per heavy atom. The maximum atomic E-state index is 12.9. The first-order chi connectivity index (χ1) is 9.58. The van der Waals surface area contributed by atoms with Gasteiger partial charge in [0.15, 0.2) is 0 Å². The first-order valence-electron chi connectivity index (χ1n) is 8.36. The zero-order chi connectivity index (χ0) is 14.2. The molecule has 0 bridgehead atoms. The lowest BCUT2D eigenvalue weighted by Crippen LogP contribution is -2.54. The molecular formula is C16H29N3O. The van der Waals surface area contributed by atoms with Crippen LogP contribution in [0.2, 0.25) is 0 Å². The molecule has 2 saturated heterocycles. The van der Waals surface area contributed by atoms with Crippen molar-refractivity contribution in [3.63, 3.8) is 0 Å². The lowest BCUT2D eigenvalue weighted by atomic mass is 9.74. The number of nitrogens with two attached hydrogens (primary N) is 1. The smallest absolute Gasteiger partial charge is 0.227 e. The molecule has 1 aliphatic carbocycles.